The summed E-state index contributed by atoms with van der Waals surface area (Å²) < 4.78 is 20.4. The summed E-state index contributed by atoms with van der Waals surface area (Å²) in [7, 11) is 3.94. The van der Waals surface area contributed by atoms with Crippen molar-refractivity contribution < 1.29 is 57.9 Å². The standard InChI is InChI=1S/C41H60N2O12/c1-7-9-11-14-17-20-32(44)21-18-15-12-13-16-19-22-34(41(51,39(48)49)29-36(45)54-30(3)55-40(50)43(4)5)37(46)42-35(38(47)52-6)28-31-23-25-33(26-24-31)53-27-10-8-2/h19,22-26,30,34-35,51H,7,9,11-18,20-21,27-29H2,1-6H3,(H,42,46)(H,48,49)/b22-19+/t30-,34+,35-,41?/m0/s1. The van der Waals surface area contributed by atoms with Crippen molar-refractivity contribution in [3.05, 3.63) is 42.0 Å². The molecule has 0 aromatic heterocycles. The van der Waals surface area contributed by atoms with E-state index in [-0.39, 0.29) is 18.8 Å². The van der Waals surface area contributed by atoms with Crippen molar-refractivity contribution in [3.8, 4) is 17.6 Å². The van der Waals surface area contributed by atoms with Crippen molar-refractivity contribution in [1.82, 2.24) is 10.2 Å². The second kappa shape index (κ2) is 26.8. The van der Waals surface area contributed by atoms with E-state index in [2.05, 4.69) is 24.1 Å². The molecule has 306 valence electrons. The van der Waals surface area contributed by atoms with E-state index in [1.165, 1.54) is 39.6 Å². The molecule has 1 unspecified atom stereocenters. The van der Waals surface area contributed by atoms with E-state index in [1.807, 2.05) is 0 Å². The minimum absolute atomic E-state index is 0.0620. The first-order valence-electron chi connectivity index (χ1n) is 18.9. The Kier molecular flexibility index (Phi) is 23.5. The zero-order chi connectivity index (χ0) is 41.2. The molecule has 0 saturated carbocycles. The van der Waals surface area contributed by atoms with Gasteiger partial charge in [0.1, 0.15) is 24.2 Å². The molecule has 14 nitrogen and oxygen atoms in total. The molecule has 0 spiro atoms. The van der Waals surface area contributed by atoms with E-state index in [0.29, 0.717) is 37.0 Å². The Hall–Kier alpha value is -4.90. The third kappa shape index (κ3) is 19.3. The van der Waals surface area contributed by atoms with Gasteiger partial charge in [-0.2, -0.15) is 0 Å². The molecule has 55 heavy (non-hydrogen) atoms. The van der Waals surface area contributed by atoms with Crippen LogP contribution in [0.1, 0.15) is 110 Å². The number of carbonyl (C=O) groups is 6. The highest BCUT2D eigenvalue weighted by Crippen LogP contribution is 2.27. The van der Waals surface area contributed by atoms with Crippen LogP contribution in [0.2, 0.25) is 0 Å². The van der Waals surface area contributed by atoms with Crippen LogP contribution in [-0.2, 0) is 44.6 Å². The van der Waals surface area contributed by atoms with Gasteiger partial charge in [-0.15, -0.1) is 5.92 Å². The van der Waals surface area contributed by atoms with E-state index >= 15 is 0 Å². The van der Waals surface area contributed by atoms with Crippen LogP contribution < -0.4 is 10.1 Å². The molecule has 0 radical (unpaired) electrons. The Bertz CT molecular complexity index is 1460. The van der Waals surface area contributed by atoms with Crippen LogP contribution in [0.15, 0.2) is 36.4 Å². The highest BCUT2D eigenvalue weighted by Gasteiger charge is 2.50. The van der Waals surface area contributed by atoms with E-state index in [9.17, 15) is 39.0 Å². The fourth-order valence-electron chi connectivity index (χ4n) is 5.47. The number of allylic oxidation sites excluding steroid dienone is 1. The number of unbranched alkanes of at least 4 members (excludes halogenated alkanes) is 8. The maximum Gasteiger partial charge on any atom is 0.412 e. The average molecular weight is 773 g/mol. The lowest BCUT2D eigenvalue weighted by Crippen LogP contribution is -2.55. The Balaban J connectivity index is 3.13. The number of aliphatic carboxylic acids is 1. The lowest BCUT2D eigenvalue weighted by molar-refractivity contribution is -0.182. The Labute approximate surface area is 325 Å². The van der Waals surface area contributed by atoms with Crippen LogP contribution >= 0.6 is 0 Å². The van der Waals surface area contributed by atoms with Crippen molar-refractivity contribution in [3.63, 3.8) is 0 Å². The van der Waals surface area contributed by atoms with Gasteiger partial charge in [-0.25, -0.2) is 14.4 Å². The first-order chi connectivity index (χ1) is 26.2. The first-order valence-corrected chi connectivity index (χ1v) is 18.9. The topological polar surface area (TPSA) is 195 Å². The zero-order valence-corrected chi connectivity index (χ0v) is 33.2. The van der Waals surface area contributed by atoms with Crippen molar-refractivity contribution in [2.24, 2.45) is 5.92 Å². The number of methoxy groups -OCH3 is 1. The van der Waals surface area contributed by atoms with Gasteiger partial charge in [-0.05, 0) is 50.3 Å². The maximum absolute atomic E-state index is 13.9. The molecule has 0 bridgehead atoms. The molecule has 0 heterocycles. The van der Waals surface area contributed by atoms with Gasteiger partial charge >= 0.3 is 24.0 Å². The predicted octanol–water partition coefficient (Wildman–Crippen LogP) is 5.52. The van der Waals surface area contributed by atoms with Crippen LogP contribution in [0.25, 0.3) is 0 Å². The molecule has 1 aromatic carbocycles. The van der Waals surface area contributed by atoms with Gasteiger partial charge in [0.2, 0.25) is 12.2 Å². The van der Waals surface area contributed by atoms with E-state index in [1.54, 1.807) is 31.2 Å². The first kappa shape index (κ1) is 48.1. The molecular weight excluding hydrogens is 712 g/mol. The van der Waals surface area contributed by atoms with Gasteiger partial charge in [0, 0.05) is 40.3 Å². The number of carbonyl (C=O) groups excluding carboxylic acids is 5. The summed E-state index contributed by atoms with van der Waals surface area (Å²) in [6, 6.07) is 5.36. The number of amides is 2. The molecule has 14 heteroatoms. The number of carboxylic acid groups (broad SMARTS) is 1. The highest BCUT2D eigenvalue weighted by atomic mass is 16.7. The minimum atomic E-state index is -3.04. The summed E-state index contributed by atoms with van der Waals surface area (Å²) in [4.78, 5) is 77.3. The number of nitrogens with one attached hydrogen (secondary N) is 1. The SMILES string of the molecule is CC#CCOc1ccc(C[C@H](NC(=O)[C@@H](/C=C/CCCCCCC(=O)CCCCCCC)C(O)(CC(=O)O[C@H](C)OC(=O)N(C)C)C(=O)O)C(=O)OC)cc1. The van der Waals surface area contributed by atoms with Gasteiger partial charge in [0.25, 0.3) is 0 Å². The number of hydrogen-bond acceptors (Lipinski definition) is 11. The van der Waals surface area contributed by atoms with Gasteiger partial charge in [-0.1, -0.05) is 75.7 Å². The van der Waals surface area contributed by atoms with E-state index in [4.69, 9.17) is 18.9 Å². The maximum atomic E-state index is 13.9. The molecule has 0 aliphatic heterocycles. The van der Waals surface area contributed by atoms with Crippen molar-refractivity contribution in [1.29, 1.82) is 0 Å². The van der Waals surface area contributed by atoms with Gasteiger partial charge < -0.3 is 39.4 Å². The van der Waals surface area contributed by atoms with Crippen LogP contribution in [0.4, 0.5) is 4.79 Å². The molecule has 1 rings (SSSR count). The lowest BCUT2D eigenvalue weighted by atomic mass is 9.82. The number of carboxylic acids is 1. The molecule has 1 aromatic rings. The largest absolute Gasteiger partial charge is 0.481 e. The number of Topliss-reactive ketones (excluding diaryl/α,β-unsaturated/α-hetero) is 1. The fraction of sp³-hybridized carbons (Fsp3) is 0.610. The van der Waals surface area contributed by atoms with Crippen LogP contribution in [0, 0.1) is 17.8 Å². The Morgan fingerprint density at radius 2 is 1.55 bits per heavy atom. The predicted molar refractivity (Wildman–Crippen MR) is 205 cm³/mol. The van der Waals surface area contributed by atoms with Gasteiger partial charge in [-0.3, -0.25) is 14.4 Å². The molecule has 0 aliphatic rings. The third-order valence-corrected chi connectivity index (χ3v) is 8.63. The molecule has 3 N–H and O–H groups in total. The molecule has 0 saturated heterocycles. The normalized spacial score (nSPS) is 13.6. The van der Waals surface area contributed by atoms with E-state index < -0.39 is 60.2 Å². The number of ketones is 1. The quantitative estimate of drug-likeness (QED) is 0.0334. The van der Waals surface area contributed by atoms with Crippen molar-refractivity contribution in [2.45, 2.75) is 129 Å². The Morgan fingerprint density at radius 1 is 0.927 bits per heavy atom. The number of benzene rings is 1. The van der Waals surface area contributed by atoms with Gasteiger partial charge in [0.05, 0.1) is 19.4 Å². The minimum Gasteiger partial charge on any atom is -0.481 e. The number of hydrogen-bond donors (Lipinski definition) is 3. The molecule has 0 aliphatic carbocycles. The molecule has 2 amide bonds. The molecule has 0 fully saturated rings. The van der Waals surface area contributed by atoms with Crippen molar-refractivity contribution >= 4 is 35.7 Å². The number of aliphatic hydroxyl groups is 1. The summed E-state index contributed by atoms with van der Waals surface area (Å²) in [5.41, 5.74) is -2.44. The van der Waals surface area contributed by atoms with Crippen LogP contribution in [0.3, 0.4) is 0 Å². The van der Waals surface area contributed by atoms with E-state index in [0.717, 1.165) is 57.0 Å². The average Bonchev–Trinajstić information content (AvgIpc) is 3.13. The van der Waals surface area contributed by atoms with Crippen molar-refractivity contribution in [2.75, 3.05) is 27.8 Å². The molecule has 4 atom stereocenters. The van der Waals surface area contributed by atoms with Gasteiger partial charge in [0.15, 0.2) is 5.60 Å². The summed E-state index contributed by atoms with van der Waals surface area (Å²) in [6.45, 7) is 5.25. The number of rotatable bonds is 27. The number of ether oxygens (including phenoxy) is 4. The second-order valence-electron chi connectivity index (χ2n) is 13.5. The smallest absolute Gasteiger partial charge is 0.412 e. The zero-order valence-electron chi connectivity index (χ0n) is 33.2. The third-order valence-electron chi connectivity index (χ3n) is 8.63. The second-order valence-corrected chi connectivity index (χ2v) is 13.5. The van der Waals surface area contributed by atoms with Crippen LogP contribution in [0.5, 0.6) is 5.75 Å². The monoisotopic (exact) mass is 772 g/mol. The summed E-state index contributed by atoms with van der Waals surface area (Å²) in [5.74, 6) is -0.648. The lowest BCUT2D eigenvalue weighted by Gasteiger charge is -2.30. The number of nitrogens with zero attached hydrogens (tertiary/aromatic N) is 1. The highest BCUT2D eigenvalue weighted by molar-refractivity contribution is 5.95. The summed E-state index contributed by atoms with van der Waals surface area (Å²) in [6.07, 6.45) is 9.14. The fourth-order valence-corrected chi connectivity index (χ4v) is 5.47. The summed E-state index contributed by atoms with van der Waals surface area (Å²) >= 11 is 0. The van der Waals surface area contributed by atoms with Crippen LogP contribution in [-0.4, -0.2) is 96.5 Å². The summed E-state index contributed by atoms with van der Waals surface area (Å²) in [5, 5.41) is 24.2. The molecular formula is C41H60N2O12. The Morgan fingerprint density at radius 3 is 2.11 bits per heavy atom. The number of esters is 2.